The van der Waals surface area contributed by atoms with Crippen molar-refractivity contribution in [1.29, 1.82) is 0 Å². The third-order valence-electron chi connectivity index (χ3n) is 7.09. The van der Waals surface area contributed by atoms with Crippen molar-refractivity contribution in [2.45, 2.75) is 97.3 Å². The Labute approximate surface area is 256 Å². The number of methoxy groups -OCH3 is 1. The quantitative estimate of drug-likeness (QED) is 0.188. The second-order valence-corrected chi connectivity index (χ2v) is 10.7. The second kappa shape index (κ2) is 17.4. The molecule has 11 nitrogen and oxygen atoms in total. The number of halogens is 2. The molecule has 1 aromatic rings. The summed E-state index contributed by atoms with van der Waals surface area (Å²) in [7, 11) is 1.17. The zero-order chi connectivity index (χ0) is 33.0. The van der Waals surface area contributed by atoms with E-state index in [2.05, 4.69) is 5.32 Å². The number of amides is 2. The van der Waals surface area contributed by atoms with Crippen LogP contribution in [0, 0.1) is 17.6 Å². The first kappa shape index (κ1) is 36.3. The first-order valence-corrected chi connectivity index (χ1v) is 14.5. The fourth-order valence-corrected chi connectivity index (χ4v) is 4.75. The molecule has 44 heavy (non-hydrogen) atoms. The molecule has 2 amide bonds. The molecule has 13 heteroatoms. The van der Waals surface area contributed by atoms with Crippen LogP contribution in [0.2, 0.25) is 0 Å². The molecular weight excluding hydrogens is 582 g/mol. The van der Waals surface area contributed by atoms with Gasteiger partial charge in [0.2, 0.25) is 5.91 Å². The highest BCUT2D eigenvalue weighted by atomic mass is 19.2. The fraction of sp³-hybridized carbons (Fsp3) is 0.581. The zero-order valence-electron chi connectivity index (χ0n) is 26.0. The number of carbonyl (C=O) groups is 5. The minimum absolute atomic E-state index is 0.00666. The molecule has 0 bridgehead atoms. The molecule has 1 aliphatic rings. The van der Waals surface area contributed by atoms with E-state index < -0.39 is 71.8 Å². The molecule has 1 heterocycles. The predicted molar refractivity (Wildman–Crippen MR) is 154 cm³/mol. The molecule has 0 aliphatic carbocycles. The zero-order valence-corrected chi connectivity index (χ0v) is 26.0. The van der Waals surface area contributed by atoms with E-state index in [4.69, 9.17) is 18.9 Å². The summed E-state index contributed by atoms with van der Waals surface area (Å²) in [4.78, 5) is 65.0. The van der Waals surface area contributed by atoms with Crippen LogP contribution in [0.1, 0.15) is 65.9 Å². The Hall–Kier alpha value is -3.87. The number of nitrogens with one attached hydrogen (secondary N) is 1. The molecule has 2 rings (SSSR count). The Bertz CT molecular complexity index is 1210. The summed E-state index contributed by atoms with van der Waals surface area (Å²) in [6, 6.07) is 2.34. The maximum absolute atomic E-state index is 13.8. The first-order chi connectivity index (χ1) is 20.8. The normalized spacial score (nSPS) is 18.9. The fourth-order valence-electron chi connectivity index (χ4n) is 4.75. The number of esters is 3. The summed E-state index contributed by atoms with van der Waals surface area (Å²) >= 11 is 0. The van der Waals surface area contributed by atoms with Crippen molar-refractivity contribution in [2.24, 2.45) is 5.92 Å². The highest BCUT2D eigenvalue weighted by molar-refractivity contribution is 5.90. The molecule has 0 spiro atoms. The number of nitrogens with zero attached hydrogens (tertiary/aromatic N) is 1. The highest BCUT2D eigenvalue weighted by Crippen LogP contribution is 2.23. The summed E-state index contributed by atoms with van der Waals surface area (Å²) in [5.74, 6) is -5.65. The lowest BCUT2D eigenvalue weighted by Gasteiger charge is -2.34. The summed E-state index contributed by atoms with van der Waals surface area (Å²) in [5, 5.41) is 2.65. The van der Waals surface area contributed by atoms with Crippen LogP contribution >= 0.6 is 0 Å². The van der Waals surface area contributed by atoms with E-state index in [0.717, 1.165) is 39.3 Å². The van der Waals surface area contributed by atoms with E-state index in [-0.39, 0.29) is 18.9 Å². The SMILES string of the molecule is CCC(C)/C=C/[C@@H](OC(C)=O)[C@H](OC(C)=O)[C@@H](OC(C)=O)[C@@H](OC)C(=O)N[C@H]1CCCCN(Cc2ccc(F)c(F)c2)C1=O. The first-order valence-electron chi connectivity index (χ1n) is 14.5. The van der Waals surface area contributed by atoms with Gasteiger partial charge in [-0.05, 0) is 49.0 Å². The van der Waals surface area contributed by atoms with Crippen molar-refractivity contribution in [2.75, 3.05) is 13.7 Å². The maximum Gasteiger partial charge on any atom is 0.303 e. The monoisotopic (exact) mass is 624 g/mol. The average molecular weight is 625 g/mol. The van der Waals surface area contributed by atoms with Gasteiger partial charge in [0.15, 0.2) is 36.1 Å². The van der Waals surface area contributed by atoms with Crippen molar-refractivity contribution in [3.8, 4) is 0 Å². The molecule has 1 aromatic carbocycles. The van der Waals surface area contributed by atoms with E-state index in [9.17, 15) is 32.8 Å². The Morgan fingerprint density at radius 2 is 1.61 bits per heavy atom. The molecule has 244 valence electrons. The summed E-state index contributed by atoms with van der Waals surface area (Å²) in [6.45, 7) is 7.53. The van der Waals surface area contributed by atoms with Crippen LogP contribution in [-0.4, -0.2) is 78.7 Å². The molecule has 1 saturated heterocycles. The Morgan fingerprint density at radius 1 is 0.977 bits per heavy atom. The standard InChI is InChI=1S/C31H42F2N2O9/c1-7-18(2)11-14-26(42-19(3)36)27(43-20(4)37)28(44-21(5)38)29(41-6)30(39)34-25-10-8-9-15-35(31(25)40)17-22-12-13-23(32)24(33)16-22/h11-14,16,18,25-29H,7-10,15,17H2,1-6H3,(H,34,39)/b14-11+/t18?,25-,26+,27-,28+,29+/m0/s1. The lowest BCUT2D eigenvalue weighted by Crippen LogP contribution is -2.58. The Balaban J connectivity index is 2.39. The van der Waals surface area contributed by atoms with Crippen molar-refractivity contribution >= 4 is 29.7 Å². The average Bonchev–Trinajstić information content (AvgIpc) is 3.11. The van der Waals surface area contributed by atoms with Crippen LogP contribution in [-0.2, 0) is 49.5 Å². The summed E-state index contributed by atoms with van der Waals surface area (Å²) in [6.07, 6.45) is -0.515. The number of allylic oxidation sites excluding steroid dienone is 1. The largest absolute Gasteiger partial charge is 0.455 e. The van der Waals surface area contributed by atoms with Crippen LogP contribution in [0.5, 0.6) is 0 Å². The van der Waals surface area contributed by atoms with Gasteiger partial charge in [-0.15, -0.1) is 0 Å². The number of rotatable bonds is 14. The van der Waals surface area contributed by atoms with Gasteiger partial charge >= 0.3 is 17.9 Å². The van der Waals surface area contributed by atoms with Crippen LogP contribution < -0.4 is 5.32 Å². The third-order valence-corrected chi connectivity index (χ3v) is 7.09. The van der Waals surface area contributed by atoms with E-state index in [1.807, 2.05) is 13.8 Å². The van der Waals surface area contributed by atoms with E-state index in [1.165, 1.54) is 24.2 Å². The Kier molecular flexibility index (Phi) is 14.4. The number of hydrogen-bond donors (Lipinski definition) is 1. The van der Waals surface area contributed by atoms with E-state index >= 15 is 0 Å². The van der Waals surface area contributed by atoms with Crippen LogP contribution in [0.25, 0.3) is 0 Å². The molecular formula is C31H42F2N2O9. The molecule has 0 aromatic heterocycles. The summed E-state index contributed by atoms with van der Waals surface area (Å²) in [5.41, 5.74) is 0.375. The van der Waals surface area contributed by atoms with Crippen LogP contribution in [0.15, 0.2) is 30.4 Å². The number of likely N-dealkylation sites (tertiary alicyclic amines) is 1. The molecule has 1 unspecified atom stereocenters. The molecule has 6 atom stereocenters. The van der Waals surface area contributed by atoms with Crippen molar-refractivity contribution in [3.63, 3.8) is 0 Å². The van der Waals surface area contributed by atoms with Gasteiger partial charge in [0.05, 0.1) is 0 Å². The molecule has 0 saturated carbocycles. The maximum atomic E-state index is 13.8. The minimum Gasteiger partial charge on any atom is -0.455 e. The number of hydrogen-bond acceptors (Lipinski definition) is 9. The van der Waals surface area contributed by atoms with Crippen molar-refractivity contribution in [1.82, 2.24) is 10.2 Å². The molecule has 1 fully saturated rings. The smallest absolute Gasteiger partial charge is 0.303 e. The topological polar surface area (TPSA) is 138 Å². The minimum atomic E-state index is -1.60. The highest BCUT2D eigenvalue weighted by Gasteiger charge is 2.45. The van der Waals surface area contributed by atoms with Crippen LogP contribution in [0.3, 0.4) is 0 Å². The van der Waals surface area contributed by atoms with Gasteiger partial charge in [-0.2, -0.15) is 0 Å². The van der Waals surface area contributed by atoms with Crippen LogP contribution in [0.4, 0.5) is 8.78 Å². The van der Waals surface area contributed by atoms with Gasteiger partial charge in [0, 0.05) is 41.0 Å². The lowest BCUT2D eigenvalue weighted by molar-refractivity contribution is -0.192. The number of carbonyl (C=O) groups excluding carboxylic acids is 5. The van der Waals surface area contributed by atoms with E-state index in [1.54, 1.807) is 6.08 Å². The van der Waals surface area contributed by atoms with Gasteiger partial charge in [0.25, 0.3) is 5.91 Å². The van der Waals surface area contributed by atoms with Gasteiger partial charge < -0.3 is 29.2 Å². The number of benzene rings is 1. The van der Waals surface area contributed by atoms with Crippen molar-refractivity contribution < 1.29 is 51.7 Å². The van der Waals surface area contributed by atoms with Gasteiger partial charge in [-0.1, -0.05) is 32.4 Å². The second-order valence-electron chi connectivity index (χ2n) is 10.7. The molecule has 1 aliphatic heterocycles. The third kappa shape index (κ3) is 11.0. The molecule has 1 N–H and O–H groups in total. The van der Waals surface area contributed by atoms with Gasteiger partial charge in [0.1, 0.15) is 6.04 Å². The van der Waals surface area contributed by atoms with Crippen molar-refractivity contribution in [3.05, 3.63) is 47.5 Å². The van der Waals surface area contributed by atoms with Gasteiger partial charge in [-0.3, -0.25) is 24.0 Å². The lowest BCUT2D eigenvalue weighted by atomic mass is 9.98. The number of ether oxygens (including phenoxy) is 4. The molecule has 0 radical (unpaired) electrons. The predicted octanol–water partition coefficient (Wildman–Crippen LogP) is 3.37. The van der Waals surface area contributed by atoms with E-state index in [0.29, 0.717) is 24.9 Å². The van der Waals surface area contributed by atoms with Gasteiger partial charge in [-0.25, -0.2) is 8.78 Å². The summed E-state index contributed by atoms with van der Waals surface area (Å²) < 4.78 is 49.0. The Morgan fingerprint density at radius 3 is 2.18 bits per heavy atom.